The van der Waals surface area contributed by atoms with Crippen LogP contribution in [-0.2, 0) is 14.6 Å². The fourth-order valence-electron chi connectivity index (χ4n) is 1.31. The van der Waals surface area contributed by atoms with Gasteiger partial charge in [-0.2, -0.15) is 0 Å². The van der Waals surface area contributed by atoms with Gasteiger partial charge in [0.25, 0.3) is 0 Å². The van der Waals surface area contributed by atoms with Crippen molar-refractivity contribution in [3.05, 3.63) is 34.9 Å². The summed E-state index contributed by atoms with van der Waals surface area (Å²) >= 11 is 0. The topological polar surface area (TPSA) is 149 Å². The summed E-state index contributed by atoms with van der Waals surface area (Å²) in [6.07, 6.45) is 4.11. The van der Waals surface area contributed by atoms with Crippen molar-refractivity contribution in [3.8, 4) is 0 Å². The molecule has 0 spiro atoms. The van der Waals surface area contributed by atoms with Crippen LogP contribution in [0.1, 0.15) is 109 Å². The van der Waals surface area contributed by atoms with Crippen LogP contribution in [0.3, 0.4) is 0 Å². The molecule has 4 N–H and O–H groups in total. The Hall–Kier alpha value is -1.77. The summed E-state index contributed by atoms with van der Waals surface area (Å²) in [6.45, 7) is 15.9. The molecular weight excluding hydrogens is 503 g/mol. The van der Waals surface area contributed by atoms with Gasteiger partial charge >= 0.3 is 5.97 Å². The van der Waals surface area contributed by atoms with Gasteiger partial charge in [-0.3, -0.25) is 4.79 Å². The minimum Gasteiger partial charge on any atom is -0.478 e. The third kappa shape index (κ3) is 23.9. The molecule has 0 bridgehead atoms. The van der Waals surface area contributed by atoms with Crippen LogP contribution in [0.2, 0.25) is 0 Å². The van der Waals surface area contributed by atoms with Crippen LogP contribution in [0.4, 0.5) is 0 Å². The Labute approximate surface area is 220 Å². The number of hydrogen-bond donors (Lipinski definition) is 4. The van der Waals surface area contributed by atoms with Crippen molar-refractivity contribution >= 4 is 47.4 Å². The van der Waals surface area contributed by atoms with Gasteiger partial charge in [0, 0.05) is 22.4 Å². The van der Waals surface area contributed by atoms with Crippen molar-refractivity contribution in [2.45, 2.75) is 94.0 Å². The third-order valence-corrected chi connectivity index (χ3v) is 7.24. The molecule has 1 unspecified atom stereocenters. The first-order chi connectivity index (χ1) is 15.1. The molecule has 0 amide bonds. The van der Waals surface area contributed by atoms with E-state index in [9.17, 15) is 18.6 Å². The zero-order valence-corrected chi connectivity index (χ0v) is 23.5. The molecule has 1 rings (SSSR count). The van der Waals surface area contributed by atoms with Crippen LogP contribution in [-0.4, -0.2) is 64.8 Å². The summed E-state index contributed by atoms with van der Waals surface area (Å²) in [5.41, 5.74) is 1.41. The maximum absolute atomic E-state index is 11.2. The lowest BCUT2D eigenvalue weighted by atomic mass is 9.96. The SMILES string of the molecule is C.C.C=P(O)(O)C(C)C.C=S(=O)(O)C(C)C.CC(=O)c1cc(C(=O)O)cc(C(C)C)c1.CC(C)C=O. The monoisotopic (exact) mass is 554 g/mol. The van der Waals surface area contributed by atoms with Crippen molar-refractivity contribution in [1.82, 2.24) is 0 Å². The highest BCUT2D eigenvalue weighted by molar-refractivity contribution is 7.95. The Morgan fingerprint density at radius 2 is 1.25 bits per heavy atom. The summed E-state index contributed by atoms with van der Waals surface area (Å²) in [7, 11) is -5.48. The highest BCUT2D eigenvalue weighted by Gasteiger charge is 2.11. The Morgan fingerprint density at radius 1 is 0.944 bits per heavy atom. The van der Waals surface area contributed by atoms with Gasteiger partial charge in [-0.05, 0) is 56.3 Å². The van der Waals surface area contributed by atoms with Crippen molar-refractivity contribution in [2.75, 3.05) is 0 Å². The summed E-state index contributed by atoms with van der Waals surface area (Å²) < 4.78 is 18.8. The predicted octanol–water partition coefficient (Wildman–Crippen LogP) is 6.07. The molecular formula is C26H51O8PS. The van der Waals surface area contributed by atoms with Crippen LogP contribution in [0.5, 0.6) is 0 Å². The fourth-order valence-corrected chi connectivity index (χ4v) is 1.31. The van der Waals surface area contributed by atoms with E-state index in [2.05, 4.69) is 12.2 Å². The van der Waals surface area contributed by atoms with E-state index in [1.807, 2.05) is 27.7 Å². The van der Waals surface area contributed by atoms with E-state index in [0.717, 1.165) is 11.8 Å². The van der Waals surface area contributed by atoms with E-state index in [1.54, 1.807) is 39.8 Å². The second kappa shape index (κ2) is 20.3. The largest absolute Gasteiger partial charge is 0.478 e. The molecule has 8 nitrogen and oxygen atoms in total. The first-order valence-corrected chi connectivity index (χ1v) is 14.4. The van der Waals surface area contributed by atoms with Crippen LogP contribution in [0.25, 0.3) is 0 Å². The molecule has 0 saturated carbocycles. The Bertz CT molecular complexity index is 895. The van der Waals surface area contributed by atoms with Crippen molar-refractivity contribution < 1.29 is 38.0 Å². The Kier molecular flexibility index (Phi) is 25.0. The minimum atomic E-state index is -2.74. The smallest absolute Gasteiger partial charge is 0.335 e. The van der Waals surface area contributed by atoms with Gasteiger partial charge in [-0.15, -0.1) is 0 Å². The quantitative estimate of drug-likeness (QED) is 0.143. The second-order valence-electron chi connectivity index (χ2n) is 8.86. The molecule has 214 valence electrons. The molecule has 1 aromatic carbocycles. The number of carboxylic acids is 1. The van der Waals surface area contributed by atoms with Crippen LogP contribution in [0, 0.1) is 5.92 Å². The molecule has 1 atom stereocenters. The van der Waals surface area contributed by atoms with Crippen LogP contribution >= 0.6 is 7.34 Å². The average molecular weight is 555 g/mol. The minimum absolute atomic E-state index is 0. The van der Waals surface area contributed by atoms with Gasteiger partial charge in [0.2, 0.25) is 0 Å². The van der Waals surface area contributed by atoms with Gasteiger partial charge in [0.05, 0.1) is 15.4 Å². The zero-order chi connectivity index (χ0) is 28.0. The maximum atomic E-state index is 11.2. The standard InChI is InChI=1S/C12H14O3.C4H11O2P.C4H10O2S.C4H8O.2CH4/c1-7(2)9-4-10(8(3)13)6-11(5-9)12(14)15;2*1-4(2)7(3,5)6;1-4(2)3-5;;/h4-7H,1-3H3,(H,14,15);4-6H,3H2,1-2H3;4H,3H2,1-2H3,(H,5,6);3-4H,1-2H3;2*1H4. The molecule has 0 fully saturated rings. The molecule has 0 radical (unpaired) electrons. The predicted molar refractivity (Wildman–Crippen MR) is 159 cm³/mol. The number of carboxylic acid groups (broad SMARTS) is 1. The number of rotatable bonds is 6. The molecule has 1 aromatic rings. The van der Waals surface area contributed by atoms with E-state index >= 15 is 0 Å². The Balaban J connectivity index is -0.000000130. The van der Waals surface area contributed by atoms with Gasteiger partial charge < -0.3 is 24.2 Å². The number of carbonyl (C=O) groups is 3. The first kappa shape index (κ1) is 44.2. The van der Waals surface area contributed by atoms with E-state index < -0.39 is 23.1 Å². The number of Topliss-reactive ketones (excluding diaryl/α,β-unsaturated/α-hetero) is 1. The number of hydrogen-bond acceptors (Lipinski definition) is 6. The summed E-state index contributed by atoms with van der Waals surface area (Å²) in [5, 5.41) is 8.66. The van der Waals surface area contributed by atoms with Crippen molar-refractivity contribution in [2.24, 2.45) is 5.92 Å². The maximum Gasteiger partial charge on any atom is 0.335 e. The van der Waals surface area contributed by atoms with E-state index in [-0.39, 0.29) is 48.9 Å². The molecule has 0 aliphatic heterocycles. The number of ketones is 1. The molecule has 0 saturated heterocycles. The molecule has 0 heterocycles. The molecule has 10 heteroatoms. The molecule has 0 aliphatic carbocycles. The van der Waals surface area contributed by atoms with Crippen molar-refractivity contribution in [1.29, 1.82) is 0 Å². The molecule has 0 aromatic heterocycles. The average Bonchev–Trinajstić information content (AvgIpc) is 2.67. The second-order valence-corrected chi connectivity index (χ2v) is 13.8. The van der Waals surface area contributed by atoms with Crippen LogP contribution in [0.15, 0.2) is 18.2 Å². The highest BCUT2D eigenvalue weighted by Crippen LogP contribution is 2.39. The lowest BCUT2D eigenvalue weighted by Gasteiger charge is -2.12. The van der Waals surface area contributed by atoms with Crippen LogP contribution < -0.4 is 0 Å². The zero-order valence-electron chi connectivity index (χ0n) is 21.8. The van der Waals surface area contributed by atoms with Gasteiger partial charge in [-0.1, -0.05) is 62.7 Å². The van der Waals surface area contributed by atoms with Gasteiger partial charge in [0.15, 0.2) is 5.78 Å². The lowest BCUT2D eigenvalue weighted by molar-refractivity contribution is -0.110. The van der Waals surface area contributed by atoms with E-state index in [1.165, 1.54) is 13.0 Å². The van der Waals surface area contributed by atoms with Gasteiger partial charge in [-0.25, -0.2) is 9.00 Å². The summed E-state index contributed by atoms with van der Waals surface area (Å²) in [4.78, 5) is 48.8. The lowest BCUT2D eigenvalue weighted by Crippen LogP contribution is -2.10. The summed E-state index contributed by atoms with van der Waals surface area (Å²) in [5.74, 6) is 2.36. The number of aldehydes is 1. The van der Waals surface area contributed by atoms with Crippen molar-refractivity contribution in [3.63, 3.8) is 0 Å². The normalized spacial score (nSPS) is 11.8. The highest BCUT2D eigenvalue weighted by atomic mass is 32.2. The Morgan fingerprint density at radius 3 is 1.42 bits per heavy atom. The first-order valence-electron chi connectivity index (χ1n) is 10.7. The fraction of sp³-hybridized carbons (Fsp3) is 0.577. The number of aromatic carboxylic acids is 1. The number of benzene rings is 1. The number of carbonyl (C=O) groups excluding carboxylic acids is 2. The molecule has 0 aliphatic rings. The molecule has 36 heavy (non-hydrogen) atoms. The van der Waals surface area contributed by atoms with Gasteiger partial charge in [0.1, 0.15) is 13.6 Å². The third-order valence-electron chi connectivity index (χ3n) is 4.11. The summed E-state index contributed by atoms with van der Waals surface area (Å²) in [6, 6.07) is 4.77. The van der Waals surface area contributed by atoms with E-state index in [4.69, 9.17) is 19.4 Å². The van der Waals surface area contributed by atoms with E-state index in [0.29, 0.717) is 5.56 Å².